The van der Waals surface area contributed by atoms with Gasteiger partial charge in [-0.25, -0.2) is 4.39 Å². The van der Waals surface area contributed by atoms with E-state index in [4.69, 9.17) is 12.2 Å². The van der Waals surface area contributed by atoms with Crippen molar-refractivity contribution in [3.63, 3.8) is 0 Å². The van der Waals surface area contributed by atoms with Crippen molar-refractivity contribution in [2.75, 3.05) is 0 Å². The van der Waals surface area contributed by atoms with Gasteiger partial charge in [0.1, 0.15) is 5.82 Å². The van der Waals surface area contributed by atoms with Crippen molar-refractivity contribution >= 4 is 46.2 Å². The lowest BCUT2D eigenvalue weighted by Crippen LogP contribution is -2.44. The van der Waals surface area contributed by atoms with Gasteiger partial charge in [-0.1, -0.05) is 11.8 Å². The summed E-state index contributed by atoms with van der Waals surface area (Å²) in [5.41, 5.74) is 3.53. The van der Waals surface area contributed by atoms with Crippen LogP contribution in [0.4, 0.5) is 4.39 Å². The van der Waals surface area contributed by atoms with E-state index in [2.05, 4.69) is 5.43 Å². The SMILES string of the molecule is Cn1cccc1/C=C1\SC(=S)N(NC(=O)c2ccc(F)cc2)C1=O. The molecule has 2 aromatic rings. The summed E-state index contributed by atoms with van der Waals surface area (Å²) in [6.45, 7) is 0. The maximum absolute atomic E-state index is 12.9. The van der Waals surface area contributed by atoms with E-state index in [1.807, 2.05) is 29.9 Å². The maximum Gasteiger partial charge on any atom is 0.285 e. The topological polar surface area (TPSA) is 54.3 Å². The Labute approximate surface area is 147 Å². The van der Waals surface area contributed by atoms with Crippen molar-refractivity contribution in [2.45, 2.75) is 0 Å². The number of thioether (sulfide) groups is 1. The molecule has 8 heteroatoms. The zero-order chi connectivity index (χ0) is 17.3. The summed E-state index contributed by atoms with van der Waals surface area (Å²) in [5.74, 6) is -1.38. The second kappa shape index (κ2) is 6.58. The number of halogens is 1. The van der Waals surface area contributed by atoms with E-state index in [1.165, 1.54) is 24.3 Å². The Hall–Kier alpha value is -2.45. The Balaban J connectivity index is 1.77. The number of aryl methyl sites for hydroxylation is 1. The fourth-order valence-corrected chi connectivity index (χ4v) is 3.25. The number of hydrazine groups is 1. The molecule has 1 aliphatic heterocycles. The van der Waals surface area contributed by atoms with Crippen molar-refractivity contribution in [2.24, 2.45) is 7.05 Å². The van der Waals surface area contributed by atoms with Gasteiger partial charge in [0.15, 0.2) is 4.32 Å². The van der Waals surface area contributed by atoms with Crippen molar-refractivity contribution in [3.8, 4) is 0 Å². The third-order valence-corrected chi connectivity index (χ3v) is 4.68. The standard InChI is InChI=1S/C16H12FN3O2S2/c1-19-8-2-3-12(19)9-13-15(22)20(16(23)24-13)18-14(21)10-4-6-11(17)7-5-10/h2-9H,1H3,(H,18,21)/b13-9-. The molecule has 1 saturated heterocycles. The number of hydrogen-bond acceptors (Lipinski definition) is 4. The van der Waals surface area contributed by atoms with E-state index in [0.717, 1.165) is 22.5 Å². The van der Waals surface area contributed by atoms with Gasteiger partial charge in [0, 0.05) is 24.5 Å². The Bertz CT molecular complexity index is 858. The highest BCUT2D eigenvalue weighted by Crippen LogP contribution is 2.31. The van der Waals surface area contributed by atoms with Crippen LogP contribution in [0, 0.1) is 5.82 Å². The van der Waals surface area contributed by atoms with Gasteiger partial charge in [-0.3, -0.25) is 15.0 Å². The first-order valence-corrected chi connectivity index (χ1v) is 8.14. The van der Waals surface area contributed by atoms with E-state index in [0.29, 0.717) is 4.91 Å². The molecule has 2 amide bonds. The summed E-state index contributed by atoms with van der Waals surface area (Å²) < 4.78 is 15.0. The van der Waals surface area contributed by atoms with Gasteiger partial charge in [-0.05, 0) is 54.7 Å². The summed E-state index contributed by atoms with van der Waals surface area (Å²) >= 11 is 6.27. The van der Waals surface area contributed by atoms with Crippen LogP contribution in [0.1, 0.15) is 16.1 Å². The van der Waals surface area contributed by atoms with Gasteiger partial charge in [-0.15, -0.1) is 0 Å². The maximum atomic E-state index is 12.9. The molecule has 0 bridgehead atoms. The number of benzene rings is 1. The van der Waals surface area contributed by atoms with Crippen LogP contribution in [0.25, 0.3) is 6.08 Å². The molecule has 0 saturated carbocycles. The van der Waals surface area contributed by atoms with Crippen LogP contribution in [0.3, 0.4) is 0 Å². The number of hydrogen-bond donors (Lipinski definition) is 1. The lowest BCUT2D eigenvalue weighted by Gasteiger charge is -2.15. The highest BCUT2D eigenvalue weighted by atomic mass is 32.2. The molecule has 2 heterocycles. The van der Waals surface area contributed by atoms with Gasteiger partial charge in [0.05, 0.1) is 4.91 Å². The van der Waals surface area contributed by atoms with Crippen molar-refractivity contribution in [1.82, 2.24) is 15.0 Å². The number of amides is 2. The minimum absolute atomic E-state index is 0.232. The number of rotatable bonds is 3. The molecule has 1 aromatic heterocycles. The lowest BCUT2D eigenvalue weighted by atomic mass is 10.2. The van der Waals surface area contributed by atoms with Crippen molar-refractivity contribution in [3.05, 3.63) is 64.6 Å². The van der Waals surface area contributed by atoms with Crippen LogP contribution in [0.15, 0.2) is 47.5 Å². The zero-order valence-electron chi connectivity index (χ0n) is 12.5. The molecule has 1 fully saturated rings. The van der Waals surface area contributed by atoms with Crippen LogP contribution in [0.2, 0.25) is 0 Å². The molecule has 1 N–H and O–H groups in total. The molecule has 5 nitrogen and oxygen atoms in total. The quantitative estimate of drug-likeness (QED) is 0.675. The summed E-state index contributed by atoms with van der Waals surface area (Å²) in [7, 11) is 1.86. The first-order chi connectivity index (χ1) is 11.5. The van der Waals surface area contributed by atoms with Crippen LogP contribution < -0.4 is 5.43 Å². The predicted molar refractivity (Wildman–Crippen MR) is 94.3 cm³/mol. The normalized spacial score (nSPS) is 16.1. The third-order valence-electron chi connectivity index (χ3n) is 3.38. The Morgan fingerprint density at radius 1 is 1.29 bits per heavy atom. The van der Waals surface area contributed by atoms with Crippen LogP contribution in [-0.4, -0.2) is 25.7 Å². The average Bonchev–Trinajstić information content (AvgIpc) is 3.07. The molecule has 0 radical (unpaired) electrons. The molecular formula is C16H12FN3O2S2. The van der Waals surface area contributed by atoms with Gasteiger partial charge < -0.3 is 4.57 Å². The van der Waals surface area contributed by atoms with E-state index in [1.54, 1.807) is 6.08 Å². The van der Waals surface area contributed by atoms with E-state index in [9.17, 15) is 14.0 Å². The lowest BCUT2D eigenvalue weighted by molar-refractivity contribution is -0.123. The molecule has 3 rings (SSSR count). The highest BCUT2D eigenvalue weighted by Gasteiger charge is 2.33. The second-order valence-electron chi connectivity index (χ2n) is 5.01. The number of thiocarbonyl (C=S) groups is 1. The minimum atomic E-state index is -0.536. The number of aromatic nitrogens is 1. The number of carbonyl (C=O) groups excluding carboxylic acids is 2. The van der Waals surface area contributed by atoms with Crippen LogP contribution in [-0.2, 0) is 11.8 Å². The molecule has 1 aromatic carbocycles. The van der Waals surface area contributed by atoms with Crippen molar-refractivity contribution in [1.29, 1.82) is 0 Å². The number of nitrogens with zero attached hydrogens (tertiary/aromatic N) is 2. The predicted octanol–water partition coefficient (Wildman–Crippen LogP) is 2.71. The first kappa shape index (κ1) is 16.4. The average molecular weight is 361 g/mol. The monoisotopic (exact) mass is 361 g/mol. The van der Waals surface area contributed by atoms with Crippen LogP contribution >= 0.6 is 24.0 Å². The molecule has 0 atom stereocenters. The molecule has 0 aliphatic carbocycles. The van der Waals surface area contributed by atoms with E-state index < -0.39 is 17.6 Å². The summed E-state index contributed by atoms with van der Waals surface area (Å²) in [5, 5.41) is 1.03. The molecular weight excluding hydrogens is 349 g/mol. The molecule has 0 spiro atoms. The largest absolute Gasteiger partial charge is 0.351 e. The van der Waals surface area contributed by atoms with Gasteiger partial charge >= 0.3 is 0 Å². The minimum Gasteiger partial charge on any atom is -0.351 e. The summed E-state index contributed by atoms with van der Waals surface area (Å²) in [6, 6.07) is 8.75. The van der Waals surface area contributed by atoms with E-state index in [-0.39, 0.29) is 9.88 Å². The molecule has 122 valence electrons. The summed E-state index contributed by atoms with van der Waals surface area (Å²) in [4.78, 5) is 25.0. The fraction of sp³-hybridized carbons (Fsp3) is 0.0625. The molecule has 0 unspecified atom stereocenters. The Morgan fingerprint density at radius 2 is 2.00 bits per heavy atom. The van der Waals surface area contributed by atoms with Gasteiger partial charge in [0.25, 0.3) is 11.8 Å². The second-order valence-corrected chi connectivity index (χ2v) is 6.68. The fourth-order valence-electron chi connectivity index (χ4n) is 2.09. The van der Waals surface area contributed by atoms with E-state index >= 15 is 0 Å². The molecule has 24 heavy (non-hydrogen) atoms. The molecule has 1 aliphatic rings. The first-order valence-electron chi connectivity index (χ1n) is 6.91. The Kier molecular flexibility index (Phi) is 4.50. The smallest absolute Gasteiger partial charge is 0.285 e. The van der Waals surface area contributed by atoms with Crippen LogP contribution in [0.5, 0.6) is 0 Å². The number of carbonyl (C=O) groups is 2. The third kappa shape index (κ3) is 3.24. The number of nitrogens with one attached hydrogen (secondary N) is 1. The zero-order valence-corrected chi connectivity index (χ0v) is 14.2. The van der Waals surface area contributed by atoms with Gasteiger partial charge in [0.2, 0.25) is 0 Å². The highest BCUT2D eigenvalue weighted by molar-refractivity contribution is 8.26. The van der Waals surface area contributed by atoms with Gasteiger partial charge in [-0.2, -0.15) is 5.01 Å². The van der Waals surface area contributed by atoms with Crippen molar-refractivity contribution < 1.29 is 14.0 Å². The Morgan fingerprint density at radius 3 is 2.62 bits per heavy atom. The summed E-state index contributed by atoms with van der Waals surface area (Å²) in [6.07, 6.45) is 3.58.